The summed E-state index contributed by atoms with van der Waals surface area (Å²) in [7, 11) is 0. The third-order valence-corrected chi connectivity index (χ3v) is 13.3. The highest BCUT2D eigenvalue weighted by atomic mass is 32.2. The molecule has 4 saturated carbocycles. The fourth-order valence-corrected chi connectivity index (χ4v) is 10.7. The van der Waals surface area contributed by atoms with Crippen LogP contribution in [0.5, 0.6) is 0 Å². The maximum atomic E-state index is 13.6. The average Bonchev–Trinajstić information content (AvgIpc) is 3.30. The van der Waals surface area contributed by atoms with Crippen molar-refractivity contribution < 1.29 is 28.7 Å². The molecule has 8 heteroatoms. The molecule has 1 N–H and O–H groups in total. The first kappa shape index (κ1) is 36.3. The lowest BCUT2D eigenvalue weighted by atomic mass is 9.44. The van der Waals surface area contributed by atoms with Crippen molar-refractivity contribution in [1.82, 2.24) is 5.32 Å². The Balaban J connectivity index is 1.37. The summed E-state index contributed by atoms with van der Waals surface area (Å²) in [6, 6.07) is -0.699. The Bertz CT molecular complexity index is 1100. The number of rotatable bonds is 11. The molecule has 0 aliphatic heterocycles. The Morgan fingerprint density at radius 1 is 0.933 bits per heavy atom. The van der Waals surface area contributed by atoms with Gasteiger partial charge in [0.25, 0.3) is 0 Å². The third-order valence-electron chi connectivity index (χ3n) is 12.6. The summed E-state index contributed by atoms with van der Waals surface area (Å²) in [5, 5.41) is 2.76. The fraction of sp³-hybridized carbons (Fsp3) is 0.892. The number of Topliss-reactive ketones (excluding diaryl/α,β-unsaturated/α-hetero) is 2. The zero-order valence-corrected chi connectivity index (χ0v) is 30.4. The predicted molar refractivity (Wildman–Crippen MR) is 180 cm³/mol. The quantitative estimate of drug-likeness (QED) is 0.227. The molecule has 0 radical (unpaired) electrons. The lowest BCUT2D eigenvalue weighted by molar-refractivity contribution is -0.169. The van der Waals surface area contributed by atoms with Crippen LogP contribution in [0.1, 0.15) is 126 Å². The number of hydrogen-bond donors (Lipinski definition) is 1. The number of ether oxygens (including phenoxy) is 2. The van der Waals surface area contributed by atoms with Gasteiger partial charge in [-0.05, 0) is 144 Å². The largest absolute Gasteiger partial charge is 0.462 e. The lowest BCUT2D eigenvalue weighted by Crippen LogP contribution is -2.54. The summed E-state index contributed by atoms with van der Waals surface area (Å²) < 4.78 is 11.6. The van der Waals surface area contributed by atoms with E-state index in [0.29, 0.717) is 41.6 Å². The molecular formula is C37H61NO6S. The van der Waals surface area contributed by atoms with Gasteiger partial charge in [0.05, 0.1) is 12.0 Å². The fourth-order valence-electron chi connectivity index (χ4n) is 10.2. The minimum atomic E-state index is -0.699. The van der Waals surface area contributed by atoms with Crippen LogP contribution in [-0.2, 0) is 23.9 Å². The van der Waals surface area contributed by atoms with Crippen LogP contribution in [0.2, 0.25) is 0 Å². The minimum Gasteiger partial charge on any atom is -0.462 e. The molecule has 1 amide bonds. The molecule has 0 unspecified atom stereocenters. The van der Waals surface area contributed by atoms with Gasteiger partial charge in [0.15, 0.2) is 5.78 Å². The molecule has 0 aromatic rings. The molecule has 0 saturated heterocycles. The van der Waals surface area contributed by atoms with E-state index in [1.54, 1.807) is 39.5 Å². The monoisotopic (exact) mass is 647 g/mol. The highest BCUT2D eigenvalue weighted by molar-refractivity contribution is 7.98. The van der Waals surface area contributed by atoms with Crippen LogP contribution in [-0.4, -0.2) is 53.4 Å². The summed E-state index contributed by atoms with van der Waals surface area (Å²) in [6.45, 7) is 16.0. The second-order valence-electron chi connectivity index (χ2n) is 16.8. The number of thioether (sulfide) groups is 1. The van der Waals surface area contributed by atoms with E-state index in [1.807, 2.05) is 20.1 Å². The smallest absolute Gasteiger partial charge is 0.408 e. The Kier molecular flexibility index (Phi) is 11.5. The van der Waals surface area contributed by atoms with E-state index in [2.05, 4.69) is 19.2 Å². The minimum absolute atomic E-state index is 0.0460. The highest BCUT2D eigenvalue weighted by Gasteiger charge is 2.61. The van der Waals surface area contributed by atoms with E-state index < -0.39 is 23.7 Å². The van der Waals surface area contributed by atoms with Crippen molar-refractivity contribution in [1.29, 1.82) is 0 Å². The van der Waals surface area contributed by atoms with Crippen molar-refractivity contribution in [3.63, 3.8) is 0 Å². The van der Waals surface area contributed by atoms with Crippen molar-refractivity contribution in [2.45, 2.75) is 144 Å². The van der Waals surface area contributed by atoms with Crippen LogP contribution in [0, 0.1) is 52.3 Å². The van der Waals surface area contributed by atoms with Gasteiger partial charge < -0.3 is 14.8 Å². The van der Waals surface area contributed by atoms with Crippen LogP contribution in [0.25, 0.3) is 0 Å². The Hall–Kier alpha value is -1.57. The SMILES string of the molecule is CSCC[C@H](NC(=O)OC(C)(C)C)C(=O)C[C@H](C(=O)O[C@@H]1CC[C@@]2(C)[C@@H](CC[C@@H]3[C@@H]2CC[C@]2(C)[C@@H](C(C)=O)CC[C@@H]32)C1)C(C)C. The molecule has 7 nitrogen and oxygen atoms in total. The van der Waals surface area contributed by atoms with E-state index in [0.717, 1.165) is 32.1 Å². The summed E-state index contributed by atoms with van der Waals surface area (Å²) in [6.07, 6.45) is 11.6. The normalized spacial score (nSPS) is 35.8. The van der Waals surface area contributed by atoms with Gasteiger partial charge in [-0.15, -0.1) is 0 Å². The topological polar surface area (TPSA) is 98.8 Å². The van der Waals surface area contributed by atoms with Crippen molar-refractivity contribution >= 4 is 35.4 Å². The maximum Gasteiger partial charge on any atom is 0.408 e. The van der Waals surface area contributed by atoms with Gasteiger partial charge in [-0.1, -0.05) is 27.7 Å². The first-order chi connectivity index (χ1) is 21.0. The molecule has 4 rings (SSSR count). The van der Waals surface area contributed by atoms with Crippen LogP contribution < -0.4 is 5.32 Å². The molecule has 0 heterocycles. The second kappa shape index (κ2) is 14.3. The molecular weight excluding hydrogens is 586 g/mol. The van der Waals surface area contributed by atoms with Gasteiger partial charge in [0, 0.05) is 12.3 Å². The number of amides is 1. The number of carbonyl (C=O) groups is 4. The van der Waals surface area contributed by atoms with Crippen molar-refractivity contribution in [3.05, 3.63) is 0 Å². The number of fused-ring (bicyclic) bond motifs is 5. The Morgan fingerprint density at radius 2 is 1.60 bits per heavy atom. The summed E-state index contributed by atoms with van der Waals surface area (Å²) in [5.41, 5.74) is -0.237. The molecule has 256 valence electrons. The van der Waals surface area contributed by atoms with E-state index in [-0.39, 0.29) is 46.9 Å². The van der Waals surface area contributed by atoms with E-state index in [1.165, 1.54) is 25.7 Å². The summed E-state index contributed by atoms with van der Waals surface area (Å²) in [5.74, 6) is 2.88. The Labute approximate surface area is 276 Å². The standard InChI is InChI=1S/C37H61NO6S/c1-22(2)27(21-32(40)31(16-19-45-9)38-34(42)44-35(4,5)6)33(41)43-25-14-17-36(7)24(20-25)10-11-26-29-13-12-28(23(3)39)37(29,8)18-15-30(26)36/h22,24-31H,10-21H2,1-9H3,(H,38,42)/t24-,25+,26-,27-,28+,29-,30-,31-,36-,37+/m0/s1. The number of nitrogens with one attached hydrogen (secondary N) is 1. The number of ketones is 2. The van der Waals surface area contributed by atoms with Crippen LogP contribution >= 0.6 is 11.8 Å². The van der Waals surface area contributed by atoms with E-state index in [9.17, 15) is 19.2 Å². The van der Waals surface area contributed by atoms with E-state index >= 15 is 0 Å². The molecule has 4 aliphatic carbocycles. The molecule has 10 atom stereocenters. The van der Waals surface area contributed by atoms with Gasteiger partial charge >= 0.3 is 12.1 Å². The van der Waals surface area contributed by atoms with Crippen molar-refractivity contribution in [2.24, 2.45) is 52.3 Å². The van der Waals surface area contributed by atoms with Gasteiger partial charge in [-0.3, -0.25) is 14.4 Å². The van der Waals surface area contributed by atoms with Gasteiger partial charge in [-0.25, -0.2) is 4.79 Å². The van der Waals surface area contributed by atoms with E-state index in [4.69, 9.17) is 9.47 Å². The molecule has 0 spiro atoms. The number of carbonyl (C=O) groups excluding carboxylic acids is 4. The van der Waals surface area contributed by atoms with Gasteiger partial charge in [0.1, 0.15) is 17.5 Å². The Morgan fingerprint density at radius 3 is 2.22 bits per heavy atom. The number of esters is 1. The van der Waals surface area contributed by atoms with Crippen LogP contribution in [0.4, 0.5) is 4.79 Å². The number of alkyl carbamates (subject to hydrolysis) is 1. The summed E-state index contributed by atoms with van der Waals surface area (Å²) in [4.78, 5) is 52.1. The third kappa shape index (κ3) is 7.95. The second-order valence-corrected chi connectivity index (χ2v) is 17.8. The van der Waals surface area contributed by atoms with Gasteiger partial charge in [-0.2, -0.15) is 11.8 Å². The lowest BCUT2D eigenvalue weighted by Gasteiger charge is -2.61. The highest BCUT2D eigenvalue weighted by Crippen LogP contribution is 2.67. The van der Waals surface area contributed by atoms with Crippen molar-refractivity contribution in [3.8, 4) is 0 Å². The molecule has 45 heavy (non-hydrogen) atoms. The molecule has 0 aromatic carbocycles. The average molecular weight is 648 g/mol. The molecule has 4 aliphatic rings. The van der Waals surface area contributed by atoms with Crippen LogP contribution in [0.15, 0.2) is 0 Å². The predicted octanol–water partition coefficient (Wildman–Crippen LogP) is 8.02. The number of hydrogen-bond acceptors (Lipinski definition) is 7. The molecule has 0 aromatic heterocycles. The first-order valence-electron chi connectivity index (χ1n) is 17.7. The van der Waals surface area contributed by atoms with Crippen molar-refractivity contribution in [2.75, 3.05) is 12.0 Å². The first-order valence-corrected chi connectivity index (χ1v) is 19.1. The van der Waals surface area contributed by atoms with Gasteiger partial charge in [0.2, 0.25) is 0 Å². The zero-order chi connectivity index (χ0) is 33.3. The summed E-state index contributed by atoms with van der Waals surface area (Å²) >= 11 is 1.61. The molecule has 0 bridgehead atoms. The maximum absolute atomic E-state index is 13.6. The molecule has 4 fully saturated rings. The zero-order valence-electron chi connectivity index (χ0n) is 29.5. The van der Waals surface area contributed by atoms with Crippen LogP contribution in [0.3, 0.4) is 0 Å².